The maximum absolute atomic E-state index is 6.57. The second-order valence-electron chi connectivity index (χ2n) is 13.8. The Morgan fingerprint density at radius 1 is 1.00 bits per heavy atom. The number of hydrogen-bond acceptors (Lipinski definition) is 3. The van der Waals surface area contributed by atoms with Crippen molar-refractivity contribution >= 4 is 11.3 Å². The third kappa shape index (κ3) is 6.96. The zero-order valence-electron chi connectivity index (χ0n) is 25.6. The summed E-state index contributed by atoms with van der Waals surface area (Å²) >= 11 is 0. The highest BCUT2D eigenvalue weighted by atomic mass is 16.5. The fourth-order valence-electron chi connectivity index (χ4n) is 6.18. The van der Waals surface area contributed by atoms with E-state index >= 15 is 0 Å². The Morgan fingerprint density at radius 2 is 1.77 bits per heavy atom. The Hall–Kier alpha value is -3.11. The minimum atomic E-state index is -0.0382. The molecule has 2 fully saturated rings. The molecule has 5 heteroatoms. The highest BCUT2D eigenvalue weighted by Crippen LogP contribution is 2.41. The van der Waals surface area contributed by atoms with Gasteiger partial charge in [0.15, 0.2) is 0 Å². The second kappa shape index (κ2) is 11.8. The second-order valence-corrected chi connectivity index (χ2v) is 13.8. The van der Waals surface area contributed by atoms with Crippen LogP contribution in [0.2, 0.25) is 0 Å². The fraction of sp³-hybridized carbons (Fsp3) is 0.486. The molecular formula is C35H49N4O+3. The van der Waals surface area contributed by atoms with Crippen LogP contribution >= 0.6 is 0 Å². The molecule has 0 saturated carbocycles. The quantitative estimate of drug-likeness (QED) is 0.277. The standard InChI is InChI=1S/C35H49N4O/c1-38(2,3)25-11-13-28-18-19-30(35-37(27-28)33-16-9-10-17-34(33)40-35)21-20-29-22-24-36(23-12-26-39(4,5)6)32-15-8-7-14-31(29)32/h7-10,14-15,17,20-22,24,28,35H,11-13,18-19,23,25-27H2,1-6H3/q+3. The van der Waals surface area contributed by atoms with Crippen LogP contribution < -0.4 is 4.90 Å². The third-order valence-electron chi connectivity index (χ3n) is 8.32. The molecule has 2 saturated heterocycles. The van der Waals surface area contributed by atoms with Crippen molar-refractivity contribution in [3.63, 3.8) is 0 Å². The molecule has 0 radical (unpaired) electrons. The molecule has 0 N–H and O–H groups in total. The van der Waals surface area contributed by atoms with Crippen molar-refractivity contribution in [3.8, 4) is 0 Å². The minimum Gasteiger partial charge on any atom is -0.403 e. The van der Waals surface area contributed by atoms with Gasteiger partial charge in [-0.15, -0.1) is 0 Å². The van der Waals surface area contributed by atoms with Crippen molar-refractivity contribution in [3.05, 3.63) is 95.6 Å². The number of anilines is 1. The predicted molar refractivity (Wildman–Crippen MR) is 167 cm³/mol. The van der Waals surface area contributed by atoms with Crippen LogP contribution in [0.3, 0.4) is 0 Å². The number of para-hydroxylation sites is 1. The molecule has 3 aliphatic heterocycles. The van der Waals surface area contributed by atoms with Gasteiger partial charge in [0.1, 0.15) is 6.08 Å². The summed E-state index contributed by atoms with van der Waals surface area (Å²) in [6.45, 7) is 4.45. The van der Waals surface area contributed by atoms with Crippen molar-refractivity contribution in [2.75, 3.05) is 73.4 Å². The van der Waals surface area contributed by atoms with E-state index in [0.717, 1.165) is 52.9 Å². The normalized spacial score (nSPS) is 24.1. The predicted octanol–water partition coefficient (Wildman–Crippen LogP) is 6.12. The lowest BCUT2D eigenvalue weighted by Crippen LogP contribution is -2.37. The van der Waals surface area contributed by atoms with E-state index in [2.05, 4.69) is 113 Å². The highest BCUT2D eigenvalue weighted by molar-refractivity contribution is 5.86. The van der Waals surface area contributed by atoms with Gasteiger partial charge in [-0.25, -0.2) is 0 Å². The summed E-state index contributed by atoms with van der Waals surface area (Å²) in [5, 5.41) is 0. The van der Waals surface area contributed by atoms with Gasteiger partial charge >= 0.3 is 0 Å². The highest BCUT2D eigenvalue weighted by Gasteiger charge is 2.44. The van der Waals surface area contributed by atoms with Gasteiger partial charge in [-0.2, -0.15) is 0 Å². The van der Waals surface area contributed by atoms with Gasteiger partial charge in [-0.1, -0.05) is 30.4 Å². The minimum absolute atomic E-state index is 0.0382. The fourth-order valence-corrected chi connectivity index (χ4v) is 6.18. The molecule has 5 nitrogen and oxygen atoms in total. The Kier molecular flexibility index (Phi) is 8.37. The summed E-state index contributed by atoms with van der Waals surface area (Å²) in [4.78, 5) is 4.89. The number of fused-ring (bicyclic) bond motifs is 4. The number of rotatable bonds is 9. The zero-order valence-corrected chi connectivity index (χ0v) is 25.6. The van der Waals surface area contributed by atoms with Crippen LogP contribution in [-0.4, -0.2) is 88.6 Å². The smallest absolute Gasteiger partial charge is 0.262 e. The van der Waals surface area contributed by atoms with Crippen LogP contribution in [0.4, 0.5) is 5.69 Å². The molecule has 40 heavy (non-hydrogen) atoms. The lowest BCUT2D eigenvalue weighted by Gasteiger charge is -2.30. The Bertz CT molecular complexity index is 1250. The van der Waals surface area contributed by atoms with E-state index in [1.54, 1.807) is 0 Å². The average molecular weight is 542 g/mol. The summed E-state index contributed by atoms with van der Waals surface area (Å²) in [5.74, 6) is 1.62. The Balaban J connectivity index is 1.37. The first kappa shape index (κ1) is 28.4. The summed E-state index contributed by atoms with van der Waals surface area (Å²) in [7, 11) is 13.7. The number of quaternary nitrogens is 2. The van der Waals surface area contributed by atoms with Crippen LogP contribution in [0, 0.1) is 12.0 Å². The van der Waals surface area contributed by atoms with Crippen molar-refractivity contribution in [1.82, 2.24) is 4.90 Å². The number of benzene rings is 1. The molecule has 1 aromatic carbocycles. The van der Waals surface area contributed by atoms with Crippen LogP contribution in [0.1, 0.15) is 37.7 Å². The number of ether oxygens (including phenoxy) is 1. The maximum atomic E-state index is 6.57. The lowest BCUT2D eigenvalue weighted by molar-refractivity contribution is -0.870. The zero-order chi connectivity index (χ0) is 28.3. The third-order valence-corrected chi connectivity index (χ3v) is 8.32. The van der Waals surface area contributed by atoms with E-state index in [1.807, 2.05) is 12.2 Å². The van der Waals surface area contributed by atoms with E-state index in [0.29, 0.717) is 5.92 Å². The van der Waals surface area contributed by atoms with Crippen molar-refractivity contribution in [2.45, 2.75) is 38.3 Å². The topological polar surface area (TPSA) is 15.7 Å². The monoisotopic (exact) mass is 541 g/mol. The summed E-state index contributed by atoms with van der Waals surface area (Å²) in [5.41, 5.74) is 6.36. The van der Waals surface area contributed by atoms with E-state index < -0.39 is 0 Å². The van der Waals surface area contributed by atoms with Gasteiger partial charge in [0, 0.05) is 37.0 Å². The first-order valence-electron chi connectivity index (χ1n) is 15.1. The molecule has 0 bridgehead atoms. The maximum Gasteiger partial charge on any atom is 0.262 e. The number of nitrogens with zero attached hydrogens (tertiary/aromatic N) is 4. The van der Waals surface area contributed by atoms with E-state index in [-0.39, 0.29) is 6.23 Å². The molecule has 5 rings (SSSR count). The molecule has 0 amide bonds. The summed E-state index contributed by atoms with van der Waals surface area (Å²) in [6, 6.07) is 8.83. The first-order valence-corrected chi connectivity index (χ1v) is 15.1. The lowest BCUT2D eigenvalue weighted by atomic mass is 9.95. The van der Waals surface area contributed by atoms with E-state index in [4.69, 9.17) is 4.74 Å². The Labute approximate surface area is 242 Å². The van der Waals surface area contributed by atoms with Gasteiger partial charge in [0.25, 0.3) is 11.5 Å². The van der Waals surface area contributed by atoms with Crippen LogP contribution in [0.25, 0.3) is 5.57 Å². The largest absolute Gasteiger partial charge is 0.403 e. The molecule has 2 atom stereocenters. The summed E-state index contributed by atoms with van der Waals surface area (Å²) < 4.78 is 8.60. The molecule has 212 valence electrons. The molecule has 3 heterocycles. The molecule has 1 aromatic rings. The van der Waals surface area contributed by atoms with Gasteiger partial charge in [-0.3, -0.25) is 4.90 Å². The van der Waals surface area contributed by atoms with Gasteiger partial charge in [-0.05, 0) is 54.9 Å². The van der Waals surface area contributed by atoms with Crippen molar-refractivity contribution < 1.29 is 13.7 Å². The molecule has 2 unspecified atom stereocenters. The van der Waals surface area contributed by atoms with Crippen LogP contribution in [-0.2, 0) is 4.74 Å². The van der Waals surface area contributed by atoms with Crippen molar-refractivity contribution in [1.29, 1.82) is 0 Å². The van der Waals surface area contributed by atoms with Crippen LogP contribution in [0.5, 0.6) is 0 Å². The van der Waals surface area contributed by atoms with E-state index in [1.165, 1.54) is 48.2 Å². The Morgan fingerprint density at radius 3 is 2.58 bits per heavy atom. The van der Waals surface area contributed by atoms with Gasteiger partial charge in [0.2, 0.25) is 6.23 Å². The molecular weight excluding hydrogens is 492 g/mol. The molecule has 1 aliphatic carbocycles. The first-order chi connectivity index (χ1) is 19.1. The van der Waals surface area contributed by atoms with E-state index in [9.17, 15) is 0 Å². The number of hydrogen-bond donors (Lipinski definition) is 0. The van der Waals surface area contributed by atoms with Gasteiger partial charge < -0.3 is 18.6 Å². The number of allylic oxidation sites excluding steroid dienone is 8. The molecule has 0 aromatic heterocycles. The van der Waals surface area contributed by atoms with Crippen molar-refractivity contribution in [2.24, 2.45) is 5.92 Å². The van der Waals surface area contributed by atoms with Crippen LogP contribution in [0.15, 0.2) is 84.0 Å². The SMILES string of the molecule is C[N+](C)(C)CCCC1CCC(=CC=C2C=CN(CCC[N+](C)(C)C)c3ccccc32)C2OC3=CC=C[C+]=C3N2C1. The van der Waals surface area contributed by atoms with Gasteiger partial charge in [0.05, 0.1) is 73.6 Å². The average Bonchev–Trinajstić information content (AvgIpc) is 3.16. The summed E-state index contributed by atoms with van der Waals surface area (Å²) in [6.07, 6.45) is 24.8. The molecule has 4 aliphatic rings. The molecule has 0 spiro atoms.